The smallest absolute Gasteiger partial charge is 0.253 e. The van der Waals surface area contributed by atoms with Crippen LogP contribution < -0.4 is 10.6 Å². The van der Waals surface area contributed by atoms with Gasteiger partial charge in [-0.1, -0.05) is 37.0 Å². The largest absolute Gasteiger partial charge is 0.354 e. The molecule has 0 saturated heterocycles. The first kappa shape index (κ1) is 22.4. The predicted octanol–water partition coefficient (Wildman–Crippen LogP) is 3.29. The number of nitrogens with zero attached hydrogens (tertiary/aromatic N) is 2. The summed E-state index contributed by atoms with van der Waals surface area (Å²) < 4.78 is 2.27. The van der Waals surface area contributed by atoms with Crippen molar-refractivity contribution in [2.45, 2.75) is 32.7 Å². The molecule has 28 heavy (non-hydrogen) atoms. The van der Waals surface area contributed by atoms with Gasteiger partial charge in [0.1, 0.15) is 11.9 Å². The predicted molar refractivity (Wildman–Crippen MR) is 112 cm³/mol. The second-order valence-corrected chi connectivity index (χ2v) is 8.06. The first-order chi connectivity index (χ1) is 13.2. The van der Waals surface area contributed by atoms with Gasteiger partial charge in [0.15, 0.2) is 4.77 Å². The Morgan fingerprint density at radius 3 is 2.61 bits per heavy atom. The lowest BCUT2D eigenvalue weighted by Gasteiger charge is -2.20. The van der Waals surface area contributed by atoms with Crippen LogP contribution in [-0.2, 0) is 18.3 Å². The summed E-state index contributed by atoms with van der Waals surface area (Å²) in [5, 5.41) is 13.1. The van der Waals surface area contributed by atoms with E-state index in [9.17, 15) is 9.59 Å². The molecule has 1 heterocycles. The molecule has 2 aromatic rings. The van der Waals surface area contributed by atoms with Crippen molar-refractivity contribution < 1.29 is 9.59 Å². The van der Waals surface area contributed by atoms with Crippen LogP contribution in [-0.4, -0.2) is 39.2 Å². The summed E-state index contributed by atoms with van der Waals surface area (Å²) in [7, 11) is 1.81. The van der Waals surface area contributed by atoms with Crippen molar-refractivity contribution in [1.82, 2.24) is 25.4 Å². The van der Waals surface area contributed by atoms with Crippen LogP contribution in [0.4, 0.5) is 0 Å². The second kappa shape index (κ2) is 10.0. The Hall–Kier alpha value is -1.90. The zero-order chi connectivity index (χ0) is 20.8. The number of H-pyrrole nitrogens is 1. The van der Waals surface area contributed by atoms with Crippen LogP contribution in [0.1, 0.15) is 36.5 Å². The van der Waals surface area contributed by atoms with E-state index in [1.807, 2.05) is 13.8 Å². The molecule has 1 aromatic carbocycles. The molecule has 10 heteroatoms. The summed E-state index contributed by atoms with van der Waals surface area (Å²) in [6.07, 6.45) is 1.01. The van der Waals surface area contributed by atoms with Crippen LogP contribution in [0.5, 0.6) is 0 Å². The Morgan fingerprint density at radius 1 is 1.32 bits per heavy atom. The SMILES string of the molecule is CC(C)CC(NC(=O)c1ccc(Cl)cc1Cl)C(=O)NCCc1n[nH]c(=S)n1C. The minimum Gasteiger partial charge on any atom is -0.354 e. The molecule has 0 aliphatic heterocycles. The molecule has 1 unspecified atom stereocenters. The van der Waals surface area contributed by atoms with E-state index in [1.54, 1.807) is 17.7 Å². The number of hydrogen-bond donors (Lipinski definition) is 3. The van der Waals surface area contributed by atoms with Gasteiger partial charge in [-0.2, -0.15) is 5.10 Å². The van der Waals surface area contributed by atoms with Crippen LogP contribution in [0, 0.1) is 10.7 Å². The quantitative estimate of drug-likeness (QED) is 0.545. The summed E-state index contributed by atoms with van der Waals surface area (Å²) >= 11 is 17.0. The maximum Gasteiger partial charge on any atom is 0.253 e. The highest BCUT2D eigenvalue weighted by Crippen LogP contribution is 2.21. The van der Waals surface area contributed by atoms with E-state index in [1.165, 1.54) is 12.1 Å². The van der Waals surface area contributed by atoms with Crippen LogP contribution in [0.3, 0.4) is 0 Å². The van der Waals surface area contributed by atoms with E-state index in [0.29, 0.717) is 29.2 Å². The monoisotopic (exact) mass is 443 g/mol. The van der Waals surface area contributed by atoms with E-state index < -0.39 is 11.9 Å². The Kier molecular flexibility index (Phi) is 8.03. The fraction of sp³-hybridized carbons (Fsp3) is 0.444. The maximum atomic E-state index is 12.6. The van der Waals surface area contributed by atoms with Crippen molar-refractivity contribution in [2.24, 2.45) is 13.0 Å². The summed E-state index contributed by atoms with van der Waals surface area (Å²) in [4.78, 5) is 25.2. The zero-order valence-electron chi connectivity index (χ0n) is 15.9. The maximum absolute atomic E-state index is 12.6. The molecule has 7 nitrogen and oxygen atoms in total. The van der Waals surface area contributed by atoms with Crippen molar-refractivity contribution >= 4 is 47.2 Å². The molecule has 2 amide bonds. The van der Waals surface area contributed by atoms with Crippen molar-refractivity contribution in [3.05, 3.63) is 44.4 Å². The molecule has 0 aliphatic carbocycles. The molecule has 0 aliphatic rings. The molecule has 0 spiro atoms. The van der Waals surface area contributed by atoms with E-state index in [0.717, 1.165) is 5.82 Å². The first-order valence-corrected chi connectivity index (χ1v) is 9.99. The highest BCUT2D eigenvalue weighted by atomic mass is 35.5. The zero-order valence-corrected chi connectivity index (χ0v) is 18.2. The van der Waals surface area contributed by atoms with Crippen molar-refractivity contribution in [2.75, 3.05) is 6.54 Å². The minimum absolute atomic E-state index is 0.212. The normalized spacial score (nSPS) is 12.1. The van der Waals surface area contributed by atoms with E-state index >= 15 is 0 Å². The van der Waals surface area contributed by atoms with Gasteiger partial charge in [0.05, 0.1) is 10.6 Å². The summed E-state index contributed by atoms with van der Waals surface area (Å²) in [5.41, 5.74) is 0.272. The molecule has 0 fully saturated rings. The molecule has 1 aromatic heterocycles. The van der Waals surface area contributed by atoms with Gasteiger partial charge in [-0.15, -0.1) is 0 Å². The van der Waals surface area contributed by atoms with Gasteiger partial charge >= 0.3 is 0 Å². The average molecular weight is 444 g/mol. The Labute approximate surface area is 178 Å². The average Bonchev–Trinajstić information content (AvgIpc) is 2.92. The van der Waals surface area contributed by atoms with Gasteiger partial charge in [0.25, 0.3) is 5.91 Å². The molecule has 152 valence electrons. The third-order valence-corrected chi connectivity index (χ3v) is 5.04. The van der Waals surface area contributed by atoms with Crippen LogP contribution in [0.2, 0.25) is 10.0 Å². The van der Waals surface area contributed by atoms with Crippen molar-refractivity contribution in [3.8, 4) is 0 Å². The highest BCUT2D eigenvalue weighted by molar-refractivity contribution is 7.71. The number of halogens is 2. The van der Waals surface area contributed by atoms with Gasteiger partial charge in [0, 0.05) is 25.0 Å². The topological polar surface area (TPSA) is 91.8 Å². The van der Waals surface area contributed by atoms with Gasteiger partial charge in [-0.3, -0.25) is 14.7 Å². The lowest BCUT2D eigenvalue weighted by molar-refractivity contribution is -0.123. The summed E-state index contributed by atoms with van der Waals surface area (Å²) in [6.45, 7) is 4.34. The number of carbonyl (C=O) groups excluding carboxylic acids is 2. The Morgan fingerprint density at radius 2 is 2.04 bits per heavy atom. The number of nitrogens with one attached hydrogen (secondary N) is 3. The number of benzene rings is 1. The fourth-order valence-corrected chi connectivity index (χ4v) is 3.28. The lowest BCUT2D eigenvalue weighted by atomic mass is 10.0. The minimum atomic E-state index is -0.679. The molecule has 0 bridgehead atoms. The van der Waals surface area contributed by atoms with Gasteiger partial charge in [0.2, 0.25) is 5.91 Å². The molecule has 3 N–H and O–H groups in total. The van der Waals surface area contributed by atoms with E-state index in [4.69, 9.17) is 35.4 Å². The van der Waals surface area contributed by atoms with Gasteiger partial charge < -0.3 is 15.2 Å². The second-order valence-electron chi connectivity index (χ2n) is 6.82. The van der Waals surface area contributed by atoms with E-state index in [2.05, 4.69) is 20.8 Å². The molecule has 0 radical (unpaired) electrons. The number of rotatable bonds is 8. The van der Waals surface area contributed by atoms with Crippen molar-refractivity contribution in [1.29, 1.82) is 0 Å². The number of hydrogen-bond acceptors (Lipinski definition) is 4. The van der Waals surface area contributed by atoms with Crippen LogP contribution >= 0.6 is 35.4 Å². The van der Waals surface area contributed by atoms with Crippen LogP contribution in [0.15, 0.2) is 18.2 Å². The third kappa shape index (κ3) is 6.05. The standard InChI is InChI=1S/C18H23Cl2N5O2S/c1-10(2)8-14(22-16(26)12-5-4-11(19)9-13(12)20)17(27)21-7-6-15-23-24-18(28)25(15)3/h4-5,9-10,14H,6-8H2,1-3H3,(H,21,27)(H,22,26)(H,24,28). The molecule has 1 atom stereocenters. The number of carbonyl (C=O) groups is 2. The fourth-order valence-electron chi connectivity index (χ4n) is 2.64. The molecule has 2 rings (SSSR count). The Bertz CT molecular complexity index is 910. The molecular formula is C18H23Cl2N5O2S. The van der Waals surface area contributed by atoms with Gasteiger partial charge in [-0.25, -0.2) is 0 Å². The summed E-state index contributed by atoms with van der Waals surface area (Å²) in [6, 6.07) is 3.93. The molecular weight excluding hydrogens is 421 g/mol. The Balaban J connectivity index is 2.01. The lowest BCUT2D eigenvalue weighted by Crippen LogP contribution is -2.48. The summed E-state index contributed by atoms with van der Waals surface area (Å²) in [5.74, 6) is 0.271. The number of aromatic amines is 1. The number of aromatic nitrogens is 3. The van der Waals surface area contributed by atoms with Gasteiger partial charge in [-0.05, 0) is 42.8 Å². The van der Waals surface area contributed by atoms with E-state index in [-0.39, 0.29) is 22.4 Å². The molecule has 0 saturated carbocycles. The van der Waals surface area contributed by atoms with Crippen molar-refractivity contribution in [3.63, 3.8) is 0 Å². The third-order valence-electron chi connectivity index (χ3n) is 4.12. The highest BCUT2D eigenvalue weighted by Gasteiger charge is 2.23. The number of amides is 2. The van der Waals surface area contributed by atoms with Crippen LogP contribution in [0.25, 0.3) is 0 Å². The first-order valence-electron chi connectivity index (χ1n) is 8.83.